The first kappa shape index (κ1) is 31.9. The molecule has 0 aliphatic carbocycles. The number of carbonyl (C=O) groups excluding carboxylic acids is 2. The summed E-state index contributed by atoms with van der Waals surface area (Å²) >= 11 is 0. The molecule has 0 unspecified atom stereocenters. The molecule has 0 atom stereocenters. The quantitative estimate of drug-likeness (QED) is 0.230. The molecule has 10 heteroatoms. The van der Waals surface area contributed by atoms with Crippen LogP contribution in [0.2, 0.25) is 0 Å². The highest BCUT2D eigenvalue weighted by molar-refractivity contribution is 6.02. The van der Waals surface area contributed by atoms with Gasteiger partial charge in [0, 0.05) is 38.6 Å². The van der Waals surface area contributed by atoms with Crippen molar-refractivity contribution in [2.24, 2.45) is 0 Å². The molecule has 0 heterocycles. The fourth-order valence-corrected chi connectivity index (χ4v) is 3.64. The van der Waals surface area contributed by atoms with Gasteiger partial charge in [-0.3, -0.25) is 21.5 Å². The van der Waals surface area contributed by atoms with Crippen molar-refractivity contribution in [3.05, 3.63) is 58.7 Å². The van der Waals surface area contributed by atoms with Crippen molar-refractivity contribution < 1.29 is 9.59 Å². The van der Waals surface area contributed by atoms with Crippen LogP contribution in [0.5, 0.6) is 0 Å². The standard InChI is InChI=1S/C15H24N4O.C13H20N4O/c1-5-12-10-8-9-11(4)13(12)17-15(20)18-14(16)19(6-2)7-3;1-5-10-8-6-7-9(2)11(10)15-13(18)16-12(14)17(3)4/h8-10H,5-7H2,1-4H3,(H3,16,17,18,20);6-8H,5H2,1-4H3,(H3,14,15,16,18). The Morgan fingerprint density at radius 3 is 1.45 bits per heavy atom. The fraction of sp³-hybridized carbons (Fsp3) is 0.429. The lowest BCUT2D eigenvalue weighted by Gasteiger charge is -2.22. The summed E-state index contributed by atoms with van der Waals surface area (Å²) in [6.07, 6.45) is 1.70. The number of para-hydroxylation sites is 2. The van der Waals surface area contributed by atoms with Gasteiger partial charge in [-0.25, -0.2) is 9.59 Å². The maximum atomic E-state index is 12.0. The first-order valence-corrected chi connectivity index (χ1v) is 12.9. The van der Waals surface area contributed by atoms with Crippen LogP contribution in [0.3, 0.4) is 0 Å². The van der Waals surface area contributed by atoms with E-state index in [0.717, 1.165) is 46.5 Å². The molecule has 6 N–H and O–H groups in total. The third-order valence-corrected chi connectivity index (χ3v) is 5.95. The summed E-state index contributed by atoms with van der Waals surface area (Å²) in [4.78, 5) is 27.0. The van der Waals surface area contributed by atoms with Gasteiger partial charge in [-0.05, 0) is 62.8 Å². The zero-order valence-corrected chi connectivity index (χ0v) is 24.0. The maximum absolute atomic E-state index is 12.0. The lowest BCUT2D eigenvalue weighted by atomic mass is 10.1. The molecule has 2 rings (SSSR count). The number of benzene rings is 2. The van der Waals surface area contributed by atoms with E-state index in [4.69, 9.17) is 10.8 Å². The Hall–Kier alpha value is -4.08. The van der Waals surface area contributed by atoms with E-state index in [9.17, 15) is 9.59 Å². The molecule has 0 saturated carbocycles. The molecule has 2 aromatic rings. The summed E-state index contributed by atoms with van der Waals surface area (Å²) in [6, 6.07) is 11.1. The van der Waals surface area contributed by atoms with E-state index in [1.54, 1.807) is 19.0 Å². The minimum atomic E-state index is -0.391. The normalized spacial score (nSPS) is 9.89. The van der Waals surface area contributed by atoms with E-state index in [0.29, 0.717) is 13.1 Å². The van der Waals surface area contributed by atoms with Gasteiger partial charge in [-0.15, -0.1) is 0 Å². The SMILES string of the molecule is CCc1cccc(C)c1NC(=O)NC(=N)N(C)C.CCc1cccc(C)c1NC(=O)NC(=N)N(CC)CC. The summed E-state index contributed by atoms with van der Waals surface area (Å²) in [5.74, 6) is 0.179. The van der Waals surface area contributed by atoms with Crippen LogP contribution >= 0.6 is 0 Å². The number of urea groups is 2. The summed E-state index contributed by atoms with van der Waals surface area (Å²) < 4.78 is 0. The zero-order chi connectivity index (χ0) is 28.8. The molecule has 4 amide bonds. The predicted octanol–water partition coefficient (Wildman–Crippen LogP) is 5.13. The van der Waals surface area contributed by atoms with Crippen molar-refractivity contribution in [1.29, 1.82) is 10.8 Å². The number of nitrogens with one attached hydrogen (secondary N) is 6. The van der Waals surface area contributed by atoms with E-state index < -0.39 is 6.03 Å². The van der Waals surface area contributed by atoms with Crippen molar-refractivity contribution >= 4 is 35.4 Å². The number of rotatable bonds is 6. The molecule has 0 aliphatic rings. The second-order valence-electron chi connectivity index (χ2n) is 8.85. The number of hydrogen-bond acceptors (Lipinski definition) is 4. The van der Waals surface area contributed by atoms with E-state index in [1.165, 1.54) is 4.90 Å². The molecule has 0 bridgehead atoms. The highest BCUT2D eigenvalue weighted by atomic mass is 16.2. The van der Waals surface area contributed by atoms with Gasteiger partial charge in [0.25, 0.3) is 0 Å². The molecule has 10 nitrogen and oxygen atoms in total. The van der Waals surface area contributed by atoms with Crippen molar-refractivity contribution in [2.75, 3.05) is 37.8 Å². The molecular weight excluding hydrogens is 480 g/mol. The number of nitrogens with zero attached hydrogens (tertiary/aromatic N) is 2. The van der Waals surface area contributed by atoms with Crippen LogP contribution in [0.15, 0.2) is 36.4 Å². The van der Waals surface area contributed by atoms with Gasteiger partial charge >= 0.3 is 12.1 Å². The van der Waals surface area contributed by atoms with Gasteiger partial charge in [0.05, 0.1) is 0 Å². The lowest BCUT2D eigenvalue weighted by Crippen LogP contribution is -2.45. The minimum absolute atomic E-state index is 0.0548. The number of aryl methyl sites for hydroxylation is 4. The summed E-state index contributed by atoms with van der Waals surface area (Å²) in [6.45, 7) is 13.3. The van der Waals surface area contributed by atoms with Gasteiger partial charge in [0.15, 0.2) is 11.9 Å². The van der Waals surface area contributed by atoms with Gasteiger partial charge < -0.3 is 20.4 Å². The van der Waals surface area contributed by atoms with Crippen molar-refractivity contribution in [2.45, 2.75) is 54.4 Å². The van der Waals surface area contributed by atoms with Gasteiger partial charge in [0.1, 0.15) is 0 Å². The zero-order valence-electron chi connectivity index (χ0n) is 24.0. The molecule has 0 spiro atoms. The Balaban J connectivity index is 0.000000382. The molecule has 2 aromatic carbocycles. The third-order valence-electron chi connectivity index (χ3n) is 5.95. The number of hydrogen-bond donors (Lipinski definition) is 6. The molecule has 0 radical (unpaired) electrons. The van der Waals surface area contributed by atoms with Gasteiger partial charge in [0.2, 0.25) is 0 Å². The predicted molar refractivity (Wildman–Crippen MR) is 157 cm³/mol. The Bertz CT molecular complexity index is 1110. The number of anilines is 2. The van der Waals surface area contributed by atoms with Crippen LogP contribution in [0.25, 0.3) is 0 Å². The Morgan fingerprint density at radius 2 is 1.11 bits per heavy atom. The summed E-state index contributed by atoms with van der Waals surface area (Å²) in [5, 5.41) is 26.1. The smallest absolute Gasteiger partial charge is 0.326 e. The van der Waals surface area contributed by atoms with Gasteiger partial charge in [-0.1, -0.05) is 50.2 Å². The number of guanidine groups is 2. The van der Waals surface area contributed by atoms with Crippen LogP contribution in [0.4, 0.5) is 21.0 Å². The van der Waals surface area contributed by atoms with Crippen LogP contribution in [-0.4, -0.2) is 61.0 Å². The second-order valence-corrected chi connectivity index (χ2v) is 8.85. The number of carbonyl (C=O) groups is 2. The highest BCUT2D eigenvalue weighted by Crippen LogP contribution is 2.21. The second kappa shape index (κ2) is 15.9. The molecule has 38 heavy (non-hydrogen) atoms. The summed E-state index contributed by atoms with van der Waals surface area (Å²) in [7, 11) is 3.40. The van der Waals surface area contributed by atoms with E-state index >= 15 is 0 Å². The first-order valence-electron chi connectivity index (χ1n) is 12.9. The van der Waals surface area contributed by atoms with Crippen LogP contribution in [0, 0.1) is 24.7 Å². The fourth-order valence-electron chi connectivity index (χ4n) is 3.64. The Kier molecular flexibility index (Phi) is 13.4. The molecule has 0 aromatic heterocycles. The van der Waals surface area contributed by atoms with Crippen molar-refractivity contribution in [3.8, 4) is 0 Å². The van der Waals surface area contributed by atoms with Crippen molar-refractivity contribution in [3.63, 3.8) is 0 Å². The lowest BCUT2D eigenvalue weighted by molar-refractivity contribution is 0.254. The maximum Gasteiger partial charge on any atom is 0.326 e. The van der Waals surface area contributed by atoms with E-state index in [1.807, 2.05) is 71.0 Å². The monoisotopic (exact) mass is 524 g/mol. The summed E-state index contributed by atoms with van der Waals surface area (Å²) in [5.41, 5.74) is 5.87. The largest absolute Gasteiger partial charge is 0.349 e. The average Bonchev–Trinajstić information content (AvgIpc) is 2.87. The molecule has 208 valence electrons. The van der Waals surface area contributed by atoms with Crippen LogP contribution < -0.4 is 21.3 Å². The molecule has 0 fully saturated rings. The topological polar surface area (TPSA) is 136 Å². The van der Waals surface area contributed by atoms with Crippen molar-refractivity contribution in [1.82, 2.24) is 20.4 Å². The average molecular weight is 525 g/mol. The first-order chi connectivity index (χ1) is 18.0. The van der Waals surface area contributed by atoms with E-state index in [-0.39, 0.29) is 18.0 Å². The third kappa shape index (κ3) is 9.76. The van der Waals surface area contributed by atoms with E-state index in [2.05, 4.69) is 28.2 Å². The highest BCUT2D eigenvalue weighted by Gasteiger charge is 2.13. The molecule has 0 aliphatic heterocycles. The van der Waals surface area contributed by atoms with Crippen LogP contribution in [0.1, 0.15) is 49.9 Å². The van der Waals surface area contributed by atoms with Gasteiger partial charge in [-0.2, -0.15) is 0 Å². The molecule has 0 saturated heterocycles. The van der Waals surface area contributed by atoms with Crippen LogP contribution in [-0.2, 0) is 12.8 Å². The molecular formula is C28H44N8O2. The minimum Gasteiger partial charge on any atom is -0.349 e. The Morgan fingerprint density at radius 1 is 0.711 bits per heavy atom. The Labute approximate surface area is 227 Å². The number of amides is 4.